The Bertz CT molecular complexity index is 1420. The van der Waals surface area contributed by atoms with Crippen LogP contribution in [-0.4, -0.2) is 0 Å². The normalized spacial score (nSPS) is 10.3. The largest absolute Gasteiger partial charge is 0.206 e. The second-order valence-electron chi connectivity index (χ2n) is 7.16. The van der Waals surface area contributed by atoms with Gasteiger partial charge in [-0.1, -0.05) is 42.7 Å². The van der Waals surface area contributed by atoms with Crippen LogP contribution in [0.2, 0.25) is 0 Å². The summed E-state index contributed by atoms with van der Waals surface area (Å²) in [5.74, 6) is 8.21. The minimum absolute atomic E-state index is 0.204. The molecule has 0 unspecified atom stereocenters. The molecule has 4 heteroatoms. The van der Waals surface area contributed by atoms with Crippen molar-refractivity contribution in [3.05, 3.63) is 118 Å². The third-order valence-electron chi connectivity index (χ3n) is 4.98. The molecule has 4 rings (SSSR count). The van der Waals surface area contributed by atoms with E-state index in [0.29, 0.717) is 34.1 Å². The van der Waals surface area contributed by atoms with Gasteiger partial charge in [-0.05, 0) is 72.0 Å². The lowest BCUT2D eigenvalue weighted by molar-refractivity contribution is 0.517. The van der Waals surface area contributed by atoms with Crippen molar-refractivity contribution < 1.29 is 17.6 Å². The maximum absolute atomic E-state index is 14.1. The van der Waals surface area contributed by atoms with Crippen molar-refractivity contribution in [2.24, 2.45) is 0 Å². The Kier molecular flexibility index (Phi) is 5.97. The van der Waals surface area contributed by atoms with Crippen LogP contribution in [0.4, 0.5) is 17.6 Å². The van der Waals surface area contributed by atoms with Gasteiger partial charge in [0.1, 0.15) is 11.6 Å². The molecule has 0 bridgehead atoms. The highest BCUT2D eigenvalue weighted by Gasteiger charge is 2.08. The molecule has 4 aromatic carbocycles. The van der Waals surface area contributed by atoms with Crippen molar-refractivity contribution in [2.45, 2.75) is 13.3 Å². The van der Waals surface area contributed by atoms with Gasteiger partial charge in [-0.3, -0.25) is 0 Å². The second-order valence-corrected chi connectivity index (χ2v) is 7.16. The van der Waals surface area contributed by atoms with Gasteiger partial charge in [-0.25, -0.2) is 17.6 Å². The van der Waals surface area contributed by atoms with Gasteiger partial charge in [0.25, 0.3) is 0 Å². The van der Waals surface area contributed by atoms with Gasteiger partial charge < -0.3 is 0 Å². The Balaban J connectivity index is 1.54. The van der Waals surface area contributed by atoms with Crippen molar-refractivity contribution >= 4 is 10.8 Å². The third kappa shape index (κ3) is 4.51. The summed E-state index contributed by atoms with van der Waals surface area (Å²) in [5.41, 5.74) is 2.30. The van der Waals surface area contributed by atoms with Crippen molar-refractivity contribution in [2.75, 3.05) is 0 Å². The van der Waals surface area contributed by atoms with E-state index in [-0.39, 0.29) is 10.9 Å². The monoisotopic (exact) mass is 428 g/mol. The fourth-order valence-corrected chi connectivity index (χ4v) is 3.21. The molecule has 0 saturated heterocycles. The van der Waals surface area contributed by atoms with Gasteiger partial charge in [0.15, 0.2) is 11.6 Å². The highest BCUT2D eigenvalue weighted by atomic mass is 19.2. The number of hydrogen-bond acceptors (Lipinski definition) is 0. The summed E-state index contributed by atoms with van der Waals surface area (Å²) in [6, 6.07) is 16.9. The van der Waals surface area contributed by atoms with E-state index in [0.717, 1.165) is 6.07 Å². The van der Waals surface area contributed by atoms with Crippen molar-refractivity contribution in [1.29, 1.82) is 0 Å². The van der Waals surface area contributed by atoms with Crippen LogP contribution in [-0.2, 0) is 6.42 Å². The van der Waals surface area contributed by atoms with Gasteiger partial charge in [0, 0.05) is 22.1 Å². The highest BCUT2D eigenvalue weighted by molar-refractivity contribution is 5.84. The van der Waals surface area contributed by atoms with Gasteiger partial charge in [0.2, 0.25) is 0 Å². The molecule has 0 spiro atoms. The summed E-state index contributed by atoms with van der Waals surface area (Å²) in [4.78, 5) is 0. The number of hydrogen-bond donors (Lipinski definition) is 0. The fraction of sp³-hybridized carbons (Fsp3) is 0.0714. The molecule has 0 aliphatic heterocycles. The first-order chi connectivity index (χ1) is 15.4. The first-order valence-corrected chi connectivity index (χ1v) is 9.94. The van der Waals surface area contributed by atoms with Gasteiger partial charge >= 0.3 is 0 Å². The first-order valence-electron chi connectivity index (χ1n) is 9.94. The van der Waals surface area contributed by atoms with Gasteiger partial charge in [-0.2, -0.15) is 0 Å². The predicted octanol–water partition coefficient (Wildman–Crippen LogP) is 6.76. The summed E-state index contributed by atoms with van der Waals surface area (Å²) in [6.45, 7) is 1.82. The molecule has 0 amide bonds. The van der Waals surface area contributed by atoms with E-state index in [1.54, 1.807) is 36.4 Å². The highest BCUT2D eigenvalue weighted by Crippen LogP contribution is 2.21. The molecular formula is C28H16F4. The van der Waals surface area contributed by atoms with Crippen LogP contribution in [0.15, 0.2) is 66.7 Å². The topological polar surface area (TPSA) is 0 Å². The number of halogens is 4. The SMILES string of the molecule is CCc1cc(F)c(C#Cc2ccc(C#Cc3ccc4c(F)c(F)ccc4c3)cc2)c(F)c1. The number of benzene rings is 4. The van der Waals surface area contributed by atoms with Crippen LogP contribution >= 0.6 is 0 Å². The van der Waals surface area contributed by atoms with E-state index in [2.05, 4.69) is 23.7 Å². The number of rotatable bonds is 1. The zero-order valence-corrected chi connectivity index (χ0v) is 17.1. The van der Waals surface area contributed by atoms with Crippen molar-refractivity contribution in [3.63, 3.8) is 0 Å². The molecule has 0 fully saturated rings. The van der Waals surface area contributed by atoms with E-state index in [1.165, 1.54) is 24.3 Å². The lowest BCUT2D eigenvalue weighted by atomic mass is 10.1. The first kappa shape index (κ1) is 21.2. The zero-order chi connectivity index (χ0) is 22.7. The summed E-state index contributed by atoms with van der Waals surface area (Å²) in [6.07, 6.45) is 0.540. The predicted molar refractivity (Wildman–Crippen MR) is 118 cm³/mol. The second kappa shape index (κ2) is 9.00. The summed E-state index contributed by atoms with van der Waals surface area (Å²) in [7, 11) is 0. The zero-order valence-electron chi connectivity index (χ0n) is 17.1. The van der Waals surface area contributed by atoms with E-state index in [9.17, 15) is 17.6 Å². The molecular weight excluding hydrogens is 412 g/mol. The van der Waals surface area contributed by atoms with E-state index >= 15 is 0 Å². The van der Waals surface area contributed by atoms with Crippen LogP contribution < -0.4 is 0 Å². The molecule has 0 aliphatic carbocycles. The Morgan fingerprint density at radius 2 is 1.16 bits per heavy atom. The van der Waals surface area contributed by atoms with Crippen LogP contribution in [0.3, 0.4) is 0 Å². The number of fused-ring (bicyclic) bond motifs is 1. The molecule has 0 radical (unpaired) electrons. The molecule has 0 saturated carbocycles. The van der Waals surface area contributed by atoms with Gasteiger partial charge in [0.05, 0.1) is 5.56 Å². The minimum atomic E-state index is -0.886. The minimum Gasteiger partial charge on any atom is -0.206 e. The van der Waals surface area contributed by atoms with Crippen molar-refractivity contribution in [1.82, 2.24) is 0 Å². The molecule has 32 heavy (non-hydrogen) atoms. The third-order valence-corrected chi connectivity index (χ3v) is 4.98. The van der Waals surface area contributed by atoms with E-state index in [4.69, 9.17) is 0 Å². The van der Waals surface area contributed by atoms with Crippen LogP contribution in [0.1, 0.15) is 34.7 Å². The maximum atomic E-state index is 14.1. The standard InChI is InChI=1S/C28H16F4/c1-2-18-16-26(30)24(27(31)17-18)13-9-20-5-3-19(4-6-20)7-8-21-10-12-23-22(15-21)11-14-25(29)28(23)32/h3-6,10-12,14-17H,2H2,1H3. The molecule has 0 atom stereocenters. The van der Waals surface area contributed by atoms with Gasteiger partial charge in [-0.15, -0.1) is 0 Å². The lowest BCUT2D eigenvalue weighted by Gasteiger charge is -2.01. The summed E-state index contributed by atoms with van der Waals surface area (Å²) < 4.78 is 55.3. The average molecular weight is 428 g/mol. The molecule has 0 nitrogen and oxygen atoms in total. The van der Waals surface area contributed by atoms with Crippen LogP contribution in [0.25, 0.3) is 10.8 Å². The Labute approximate surface area is 183 Å². The smallest absolute Gasteiger partial charge is 0.166 e. The average Bonchev–Trinajstić information content (AvgIpc) is 2.80. The number of aryl methyl sites for hydroxylation is 1. The van der Waals surface area contributed by atoms with Crippen LogP contribution in [0.5, 0.6) is 0 Å². The van der Waals surface area contributed by atoms with Crippen molar-refractivity contribution in [3.8, 4) is 23.7 Å². The van der Waals surface area contributed by atoms with E-state index in [1.807, 2.05) is 6.92 Å². The molecule has 156 valence electrons. The summed E-state index contributed by atoms with van der Waals surface area (Å²) in [5, 5.41) is 0.767. The van der Waals surface area contributed by atoms with E-state index < -0.39 is 23.3 Å². The molecule has 0 N–H and O–H groups in total. The van der Waals surface area contributed by atoms with Crippen LogP contribution in [0, 0.1) is 47.0 Å². The Hall–Kier alpha value is -4.02. The maximum Gasteiger partial charge on any atom is 0.166 e. The lowest BCUT2D eigenvalue weighted by Crippen LogP contribution is -1.93. The summed E-state index contributed by atoms with van der Waals surface area (Å²) >= 11 is 0. The Morgan fingerprint density at radius 1 is 0.594 bits per heavy atom. The molecule has 0 aliphatic rings. The quantitative estimate of drug-likeness (QED) is 0.232. The fourth-order valence-electron chi connectivity index (χ4n) is 3.21. The molecule has 4 aromatic rings. The molecule has 0 heterocycles. The Morgan fingerprint density at radius 3 is 1.78 bits per heavy atom. The molecule has 0 aromatic heterocycles.